The highest BCUT2D eigenvalue weighted by Crippen LogP contribution is 2.32. The van der Waals surface area contributed by atoms with Gasteiger partial charge in [-0.15, -0.1) is 0 Å². The smallest absolute Gasteiger partial charge is 0.338 e. The molecule has 0 amide bonds. The number of fused-ring (bicyclic) bond motifs is 1. The van der Waals surface area contributed by atoms with Gasteiger partial charge < -0.3 is 4.98 Å². The fourth-order valence-electron chi connectivity index (χ4n) is 2.66. The van der Waals surface area contributed by atoms with Gasteiger partial charge in [0.25, 0.3) is 0 Å². The molecule has 3 rings (SSSR count). The highest BCUT2D eigenvalue weighted by molar-refractivity contribution is 6.09. The largest absolute Gasteiger partial charge is 0.416 e. The number of aromatic amines is 1. The van der Waals surface area contributed by atoms with Crippen LogP contribution in [0.4, 0.5) is 17.6 Å². The number of imidazole rings is 1. The van der Waals surface area contributed by atoms with Crippen molar-refractivity contribution in [2.24, 2.45) is 4.99 Å². The molecule has 0 atom stereocenters. The van der Waals surface area contributed by atoms with Gasteiger partial charge in [-0.1, -0.05) is 12.1 Å². The first kappa shape index (κ1) is 17.8. The number of benzene rings is 2. The molecule has 3 aromatic rings. The van der Waals surface area contributed by atoms with Crippen molar-refractivity contribution in [2.75, 3.05) is 7.05 Å². The van der Waals surface area contributed by atoms with E-state index in [0.29, 0.717) is 11.1 Å². The Morgan fingerprint density at radius 2 is 1.92 bits per heavy atom. The van der Waals surface area contributed by atoms with Gasteiger partial charge in [0.1, 0.15) is 11.6 Å². The van der Waals surface area contributed by atoms with Crippen molar-refractivity contribution in [3.8, 4) is 11.4 Å². The van der Waals surface area contributed by atoms with Gasteiger partial charge >= 0.3 is 6.18 Å². The van der Waals surface area contributed by atoms with Gasteiger partial charge in [0, 0.05) is 13.3 Å². The van der Waals surface area contributed by atoms with Crippen LogP contribution in [-0.2, 0) is 6.18 Å². The SMILES string of the molecule is C/C=C(\C=NC)c1ccc(-c2nc3ccc(C(F)(F)F)cc3[nH]2)c(F)c1. The Hall–Kier alpha value is -2.96. The lowest BCUT2D eigenvalue weighted by atomic mass is 10.0. The number of rotatable bonds is 3. The molecule has 0 bridgehead atoms. The number of halogens is 4. The first-order valence-corrected chi connectivity index (χ1v) is 7.79. The van der Waals surface area contributed by atoms with Gasteiger partial charge in [-0.05, 0) is 48.4 Å². The Morgan fingerprint density at radius 3 is 2.54 bits per heavy atom. The van der Waals surface area contributed by atoms with Crippen LogP contribution in [0, 0.1) is 5.82 Å². The number of aliphatic imine (C=N–C) groups is 1. The Morgan fingerprint density at radius 1 is 1.15 bits per heavy atom. The molecular weight excluding hydrogens is 346 g/mol. The minimum absolute atomic E-state index is 0.176. The van der Waals surface area contributed by atoms with Crippen LogP contribution in [-0.4, -0.2) is 23.2 Å². The van der Waals surface area contributed by atoms with E-state index in [1.807, 2.05) is 6.92 Å². The van der Waals surface area contributed by atoms with Crippen LogP contribution in [0.1, 0.15) is 18.1 Å². The van der Waals surface area contributed by atoms with Crippen LogP contribution in [0.15, 0.2) is 47.5 Å². The summed E-state index contributed by atoms with van der Waals surface area (Å²) in [4.78, 5) is 10.9. The van der Waals surface area contributed by atoms with E-state index in [0.717, 1.165) is 17.7 Å². The predicted molar refractivity (Wildman–Crippen MR) is 94.6 cm³/mol. The lowest BCUT2D eigenvalue weighted by molar-refractivity contribution is -0.137. The van der Waals surface area contributed by atoms with Crippen LogP contribution >= 0.6 is 0 Å². The fourth-order valence-corrected chi connectivity index (χ4v) is 2.66. The summed E-state index contributed by atoms with van der Waals surface area (Å²) >= 11 is 0. The molecule has 0 radical (unpaired) electrons. The van der Waals surface area contributed by atoms with Crippen molar-refractivity contribution < 1.29 is 17.6 Å². The molecule has 26 heavy (non-hydrogen) atoms. The topological polar surface area (TPSA) is 41.0 Å². The first-order valence-electron chi connectivity index (χ1n) is 7.79. The molecule has 0 saturated carbocycles. The van der Waals surface area contributed by atoms with Crippen molar-refractivity contribution >= 4 is 22.8 Å². The molecule has 2 aromatic carbocycles. The van der Waals surface area contributed by atoms with E-state index >= 15 is 0 Å². The Balaban J connectivity index is 2.04. The zero-order valence-electron chi connectivity index (χ0n) is 14.0. The van der Waals surface area contributed by atoms with Crippen LogP contribution in [0.5, 0.6) is 0 Å². The predicted octanol–water partition coefficient (Wildman–Crippen LogP) is 5.49. The summed E-state index contributed by atoms with van der Waals surface area (Å²) in [6.07, 6.45) is -1.02. The molecule has 3 nitrogen and oxygen atoms in total. The maximum absolute atomic E-state index is 14.6. The highest BCUT2D eigenvalue weighted by Gasteiger charge is 2.30. The van der Waals surface area contributed by atoms with Crippen LogP contribution in [0.25, 0.3) is 28.0 Å². The lowest BCUT2D eigenvalue weighted by Crippen LogP contribution is -2.04. The van der Waals surface area contributed by atoms with E-state index < -0.39 is 17.6 Å². The maximum atomic E-state index is 14.6. The van der Waals surface area contributed by atoms with Crippen molar-refractivity contribution in [1.82, 2.24) is 9.97 Å². The zero-order chi connectivity index (χ0) is 18.9. The number of nitrogens with one attached hydrogen (secondary N) is 1. The molecule has 0 spiro atoms. The monoisotopic (exact) mass is 361 g/mol. The minimum atomic E-state index is -4.45. The van der Waals surface area contributed by atoms with Crippen molar-refractivity contribution in [1.29, 1.82) is 0 Å². The average Bonchev–Trinajstić information content (AvgIpc) is 3.01. The number of hydrogen-bond donors (Lipinski definition) is 1. The molecule has 0 fully saturated rings. The minimum Gasteiger partial charge on any atom is -0.338 e. The normalized spacial score (nSPS) is 13.1. The van der Waals surface area contributed by atoms with Gasteiger partial charge in [-0.2, -0.15) is 13.2 Å². The Kier molecular flexibility index (Phi) is 4.63. The maximum Gasteiger partial charge on any atom is 0.416 e. The molecule has 0 saturated heterocycles. The standard InChI is InChI=1S/C19H15F4N3/c1-3-11(10-24-2)12-4-6-14(15(20)8-12)18-25-16-7-5-13(19(21,22)23)9-17(16)26-18/h3-10H,1-2H3,(H,25,26)/b11-3+,24-10?. The summed E-state index contributed by atoms with van der Waals surface area (Å²) in [5.41, 5.74) is 1.34. The van der Waals surface area contributed by atoms with E-state index in [4.69, 9.17) is 0 Å². The summed E-state index contributed by atoms with van der Waals surface area (Å²) in [6.45, 7) is 1.82. The van der Waals surface area contributed by atoms with Gasteiger partial charge in [0.05, 0.1) is 22.2 Å². The summed E-state index contributed by atoms with van der Waals surface area (Å²) in [6, 6.07) is 7.78. The third kappa shape index (κ3) is 3.37. The molecule has 0 aliphatic heterocycles. The molecule has 7 heteroatoms. The first-order chi connectivity index (χ1) is 12.3. The van der Waals surface area contributed by atoms with Crippen LogP contribution in [0.2, 0.25) is 0 Å². The summed E-state index contributed by atoms with van der Waals surface area (Å²) in [5.74, 6) is -0.351. The molecule has 134 valence electrons. The van der Waals surface area contributed by atoms with E-state index in [1.165, 1.54) is 12.1 Å². The number of nitrogens with zero attached hydrogens (tertiary/aromatic N) is 2. The van der Waals surface area contributed by atoms with E-state index in [9.17, 15) is 17.6 Å². The van der Waals surface area contributed by atoms with Gasteiger partial charge in [0.15, 0.2) is 0 Å². The third-order valence-electron chi connectivity index (χ3n) is 3.95. The van der Waals surface area contributed by atoms with E-state index in [2.05, 4.69) is 15.0 Å². The molecular formula is C19H15F4N3. The number of H-pyrrole nitrogens is 1. The van der Waals surface area contributed by atoms with Gasteiger partial charge in [-0.3, -0.25) is 4.99 Å². The van der Waals surface area contributed by atoms with Crippen molar-refractivity contribution in [3.05, 3.63) is 59.4 Å². The van der Waals surface area contributed by atoms with Crippen LogP contribution in [0.3, 0.4) is 0 Å². The molecule has 0 unspecified atom stereocenters. The summed E-state index contributed by atoms with van der Waals surface area (Å²) < 4.78 is 53.0. The molecule has 1 aromatic heterocycles. The Bertz CT molecular complexity index is 1010. The van der Waals surface area contributed by atoms with Gasteiger partial charge in [0.2, 0.25) is 0 Å². The van der Waals surface area contributed by atoms with E-state index in [1.54, 1.807) is 31.5 Å². The third-order valence-corrected chi connectivity index (χ3v) is 3.95. The molecule has 0 aliphatic carbocycles. The number of aromatic nitrogens is 2. The van der Waals surface area contributed by atoms with Crippen molar-refractivity contribution in [2.45, 2.75) is 13.1 Å². The fraction of sp³-hybridized carbons (Fsp3) is 0.158. The lowest BCUT2D eigenvalue weighted by Gasteiger charge is -2.05. The van der Waals surface area contributed by atoms with Crippen molar-refractivity contribution in [3.63, 3.8) is 0 Å². The van der Waals surface area contributed by atoms with Crippen LogP contribution < -0.4 is 0 Å². The number of allylic oxidation sites excluding steroid dienone is 2. The zero-order valence-corrected chi connectivity index (χ0v) is 14.0. The van der Waals surface area contributed by atoms with E-state index in [-0.39, 0.29) is 16.9 Å². The second-order valence-electron chi connectivity index (χ2n) is 5.64. The van der Waals surface area contributed by atoms with Gasteiger partial charge in [-0.25, -0.2) is 9.37 Å². The summed E-state index contributed by atoms with van der Waals surface area (Å²) in [5, 5.41) is 0. The molecule has 0 aliphatic rings. The second kappa shape index (κ2) is 6.74. The molecule has 1 N–H and O–H groups in total. The second-order valence-corrected chi connectivity index (χ2v) is 5.64. The molecule has 1 heterocycles. The summed E-state index contributed by atoms with van der Waals surface area (Å²) in [7, 11) is 1.62. The highest BCUT2D eigenvalue weighted by atomic mass is 19.4. The number of alkyl halides is 3. The Labute approximate surface area is 147 Å². The quantitative estimate of drug-likeness (QED) is 0.486. The number of hydrogen-bond acceptors (Lipinski definition) is 2. The average molecular weight is 361 g/mol.